The highest BCUT2D eigenvalue weighted by Crippen LogP contribution is 2.27. The summed E-state index contributed by atoms with van der Waals surface area (Å²) in [7, 11) is 0. The molecule has 174 valence electrons. The minimum Gasteiger partial charge on any atom is -0.478 e. The minimum absolute atomic E-state index is 0. The van der Waals surface area contributed by atoms with E-state index in [-0.39, 0.29) is 18.3 Å². The van der Waals surface area contributed by atoms with Crippen LogP contribution in [0.25, 0.3) is 10.8 Å². The molecule has 0 bridgehead atoms. The fourth-order valence-corrected chi connectivity index (χ4v) is 4.61. The first-order chi connectivity index (χ1) is 15.8. The van der Waals surface area contributed by atoms with Crippen LogP contribution in [-0.4, -0.2) is 55.1 Å². The molecule has 0 atom stereocenters. The zero-order valence-electron chi connectivity index (χ0n) is 18.8. The molecule has 6 nitrogen and oxygen atoms in total. The molecule has 1 N–H and O–H groups in total. The van der Waals surface area contributed by atoms with Crippen LogP contribution in [0.5, 0.6) is 5.88 Å². The van der Waals surface area contributed by atoms with Gasteiger partial charge in [0, 0.05) is 49.7 Å². The molecular formula is C26H31ClN4O2. The predicted octanol–water partition coefficient (Wildman–Crippen LogP) is 4.52. The maximum Gasteiger partial charge on any atom is 0.225 e. The lowest BCUT2D eigenvalue weighted by molar-refractivity contribution is -0.116. The molecule has 0 saturated carbocycles. The molecule has 3 heterocycles. The van der Waals surface area contributed by atoms with Gasteiger partial charge in [0.1, 0.15) is 5.82 Å². The van der Waals surface area contributed by atoms with Crippen LogP contribution in [0.2, 0.25) is 0 Å². The lowest BCUT2D eigenvalue weighted by Gasteiger charge is -2.36. The summed E-state index contributed by atoms with van der Waals surface area (Å²) in [5.41, 5.74) is 2.43. The average Bonchev–Trinajstić information content (AvgIpc) is 2.83. The monoisotopic (exact) mass is 466 g/mol. The number of anilines is 2. The van der Waals surface area contributed by atoms with E-state index in [1.165, 1.54) is 16.5 Å². The fourth-order valence-electron chi connectivity index (χ4n) is 4.61. The standard InChI is InChI=1S/C26H30N4O2.ClH/c31-24-12-10-21-11-13-25(28-26(21)27-24)32-19-4-3-14-29-15-17-30(18-16-29)23-9-5-7-20-6-1-2-8-22(20)23;/h1-2,5-9,11,13H,3-4,10,12,14-19H2,(H,27,28,31);1H. The van der Waals surface area contributed by atoms with Crippen molar-refractivity contribution in [2.24, 2.45) is 0 Å². The molecule has 0 radical (unpaired) electrons. The number of amides is 1. The summed E-state index contributed by atoms with van der Waals surface area (Å²) in [6, 6.07) is 19.1. The van der Waals surface area contributed by atoms with Gasteiger partial charge in [-0.3, -0.25) is 9.69 Å². The number of ether oxygens (including phenoxy) is 1. The fraction of sp³-hybridized carbons (Fsp3) is 0.385. The van der Waals surface area contributed by atoms with E-state index in [1.807, 2.05) is 12.1 Å². The van der Waals surface area contributed by atoms with Crippen molar-refractivity contribution in [1.82, 2.24) is 9.88 Å². The second-order valence-electron chi connectivity index (χ2n) is 8.59. The second kappa shape index (κ2) is 10.9. The van der Waals surface area contributed by atoms with Crippen molar-refractivity contribution < 1.29 is 9.53 Å². The number of aromatic nitrogens is 1. The number of nitrogens with one attached hydrogen (secondary N) is 1. The zero-order valence-corrected chi connectivity index (χ0v) is 19.7. The van der Waals surface area contributed by atoms with Crippen LogP contribution in [-0.2, 0) is 11.2 Å². The van der Waals surface area contributed by atoms with Gasteiger partial charge < -0.3 is 15.0 Å². The van der Waals surface area contributed by atoms with Crippen LogP contribution in [0.3, 0.4) is 0 Å². The highest BCUT2D eigenvalue weighted by atomic mass is 35.5. The van der Waals surface area contributed by atoms with Gasteiger partial charge >= 0.3 is 0 Å². The van der Waals surface area contributed by atoms with Gasteiger partial charge in [-0.2, -0.15) is 4.98 Å². The van der Waals surface area contributed by atoms with Crippen LogP contribution in [0.1, 0.15) is 24.8 Å². The topological polar surface area (TPSA) is 57.7 Å². The van der Waals surface area contributed by atoms with Crippen molar-refractivity contribution in [3.63, 3.8) is 0 Å². The van der Waals surface area contributed by atoms with Gasteiger partial charge in [0.05, 0.1) is 6.61 Å². The van der Waals surface area contributed by atoms with Gasteiger partial charge in [0.2, 0.25) is 11.8 Å². The number of halogens is 1. The normalized spacial score (nSPS) is 16.1. The number of pyridine rings is 1. The second-order valence-corrected chi connectivity index (χ2v) is 8.59. The molecule has 1 aromatic heterocycles. The van der Waals surface area contributed by atoms with Crippen molar-refractivity contribution in [3.05, 3.63) is 60.2 Å². The van der Waals surface area contributed by atoms with Crippen LogP contribution in [0.4, 0.5) is 11.5 Å². The van der Waals surface area contributed by atoms with E-state index in [1.54, 1.807) is 0 Å². The molecule has 0 unspecified atom stereocenters. The highest BCUT2D eigenvalue weighted by Gasteiger charge is 2.19. The van der Waals surface area contributed by atoms with Crippen molar-refractivity contribution in [3.8, 4) is 5.88 Å². The minimum atomic E-state index is 0. The number of unbranched alkanes of at least 4 members (excludes halogenated alkanes) is 1. The number of carbonyl (C=O) groups is 1. The Kier molecular flexibility index (Phi) is 7.68. The van der Waals surface area contributed by atoms with Crippen LogP contribution >= 0.6 is 12.4 Å². The van der Waals surface area contributed by atoms with E-state index in [0.29, 0.717) is 24.7 Å². The lowest BCUT2D eigenvalue weighted by Crippen LogP contribution is -2.46. The van der Waals surface area contributed by atoms with E-state index in [4.69, 9.17) is 4.74 Å². The molecule has 7 heteroatoms. The molecular weight excluding hydrogens is 436 g/mol. The Morgan fingerprint density at radius 2 is 1.73 bits per heavy atom. The number of hydrogen-bond donors (Lipinski definition) is 1. The Labute approximate surface area is 201 Å². The Morgan fingerprint density at radius 1 is 0.909 bits per heavy atom. The molecule has 0 aliphatic carbocycles. The van der Waals surface area contributed by atoms with Crippen LogP contribution < -0.4 is 15.0 Å². The Morgan fingerprint density at radius 3 is 2.61 bits per heavy atom. The third-order valence-electron chi connectivity index (χ3n) is 6.43. The molecule has 1 fully saturated rings. The Bertz CT molecular complexity index is 1090. The first-order valence-corrected chi connectivity index (χ1v) is 11.6. The third-order valence-corrected chi connectivity index (χ3v) is 6.43. The molecule has 3 aromatic rings. The van der Waals surface area contributed by atoms with E-state index in [9.17, 15) is 4.79 Å². The molecule has 5 rings (SSSR count). The number of aryl methyl sites for hydroxylation is 1. The van der Waals surface area contributed by atoms with Gasteiger partial charge in [0.15, 0.2) is 0 Å². The van der Waals surface area contributed by atoms with E-state index >= 15 is 0 Å². The maximum absolute atomic E-state index is 11.5. The SMILES string of the molecule is Cl.O=C1CCc2ccc(OCCCCN3CCN(c4cccc5ccccc45)CC3)nc2N1. The Balaban J connectivity index is 0.00000259. The Hall–Kier alpha value is -2.83. The van der Waals surface area contributed by atoms with E-state index < -0.39 is 0 Å². The predicted molar refractivity (Wildman–Crippen MR) is 136 cm³/mol. The summed E-state index contributed by atoms with van der Waals surface area (Å²) >= 11 is 0. The van der Waals surface area contributed by atoms with Crippen molar-refractivity contribution in [2.45, 2.75) is 25.7 Å². The van der Waals surface area contributed by atoms with Crippen molar-refractivity contribution >= 4 is 40.6 Å². The summed E-state index contributed by atoms with van der Waals surface area (Å²) in [5, 5.41) is 5.48. The molecule has 0 spiro atoms. The molecule has 2 aromatic carbocycles. The molecule has 2 aliphatic heterocycles. The van der Waals surface area contributed by atoms with Gasteiger partial charge in [-0.05, 0) is 48.9 Å². The summed E-state index contributed by atoms with van der Waals surface area (Å²) in [4.78, 5) is 21.1. The first-order valence-electron chi connectivity index (χ1n) is 11.6. The number of hydrogen-bond acceptors (Lipinski definition) is 5. The summed E-state index contributed by atoms with van der Waals surface area (Å²) < 4.78 is 5.82. The first kappa shape index (κ1) is 23.3. The van der Waals surface area contributed by atoms with E-state index in [2.05, 4.69) is 62.6 Å². The quantitative estimate of drug-likeness (QED) is 0.519. The summed E-state index contributed by atoms with van der Waals surface area (Å²) in [6.45, 7) is 6.06. The molecule has 2 aliphatic rings. The number of fused-ring (bicyclic) bond motifs is 2. The molecule has 1 amide bonds. The van der Waals surface area contributed by atoms with Crippen molar-refractivity contribution in [1.29, 1.82) is 0 Å². The number of benzene rings is 2. The highest BCUT2D eigenvalue weighted by molar-refractivity contribution is 5.94. The van der Waals surface area contributed by atoms with Crippen LogP contribution in [0, 0.1) is 0 Å². The van der Waals surface area contributed by atoms with Gasteiger partial charge in [0.25, 0.3) is 0 Å². The van der Waals surface area contributed by atoms with Gasteiger partial charge in [-0.1, -0.05) is 36.4 Å². The van der Waals surface area contributed by atoms with Gasteiger partial charge in [-0.15, -0.1) is 12.4 Å². The lowest BCUT2D eigenvalue weighted by atomic mass is 10.1. The summed E-state index contributed by atoms with van der Waals surface area (Å²) in [5.74, 6) is 1.28. The van der Waals surface area contributed by atoms with Gasteiger partial charge in [-0.25, -0.2) is 0 Å². The zero-order chi connectivity index (χ0) is 21.8. The van der Waals surface area contributed by atoms with Crippen LogP contribution in [0.15, 0.2) is 54.6 Å². The number of nitrogens with zero attached hydrogens (tertiary/aromatic N) is 3. The maximum atomic E-state index is 11.5. The van der Waals surface area contributed by atoms with Crippen molar-refractivity contribution in [2.75, 3.05) is 49.5 Å². The smallest absolute Gasteiger partial charge is 0.225 e. The molecule has 33 heavy (non-hydrogen) atoms. The molecule has 1 saturated heterocycles. The summed E-state index contributed by atoms with van der Waals surface area (Å²) in [6.07, 6.45) is 3.39. The number of carbonyl (C=O) groups excluding carboxylic acids is 1. The third kappa shape index (κ3) is 5.57. The number of rotatable bonds is 7. The number of piperazine rings is 1. The average molecular weight is 467 g/mol. The largest absolute Gasteiger partial charge is 0.478 e. The van der Waals surface area contributed by atoms with E-state index in [0.717, 1.165) is 57.5 Å².